The van der Waals surface area contributed by atoms with Crippen LogP contribution in [0.2, 0.25) is 0 Å². The van der Waals surface area contributed by atoms with Crippen LogP contribution in [-0.4, -0.2) is 37.0 Å². The zero-order valence-electron chi connectivity index (χ0n) is 13.3. The molecule has 0 atom stereocenters. The number of carbonyl (C=O) groups is 1. The minimum atomic E-state index is 0.0749. The van der Waals surface area contributed by atoms with Crippen molar-refractivity contribution in [2.45, 2.75) is 24.7 Å². The highest BCUT2D eigenvalue weighted by Gasteiger charge is 2.38. The molecule has 3 nitrogen and oxygen atoms in total. The van der Waals surface area contributed by atoms with E-state index in [1.165, 1.54) is 12.0 Å². The van der Waals surface area contributed by atoms with Crippen molar-refractivity contribution < 1.29 is 4.79 Å². The first-order valence-corrected chi connectivity index (χ1v) is 7.96. The van der Waals surface area contributed by atoms with E-state index in [1.54, 1.807) is 0 Å². The quantitative estimate of drug-likeness (QED) is 0.711. The molecule has 1 N–H and O–H groups in total. The molecule has 0 heterocycles. The van der Waals surface area contributed by atoms with Crippen molar-refractivity contribution in [1.82, 2.24) is 10.2 Å². The van der Waals surface area contributed by atoms with Crippen molar-refractivity contribution in [2.75, 3.05) is 26.2 Å². The molecular weight excluding hydrogens is 272 g/mol. The Morgan fingerprint density at radius 2 is 1.82 bits per heavy atom. The lowest BCUT2D eigenvalue weighted by Crippen LogP contribution is -2.47. The summed E-state index contributed by atoms with van der Waals surface area (Å²) in [5.74, 6) is 0.0749. The van der Waals surface area contributed by atoms with E-state index < -0.39 is 0 Å². The molecule has 0 bridgehead atoms. The molecule has 118 valence electrons. The molecule has 1 aromatic carbocycles. The summed E-state index contributed by atoms with van der Waals surface area (Å²) in [6.07, 6.45) is 7.17. The van der Waals surface area contributed by atoms with Crippen LogP contribution < -0.4 is 5.32 Å². The minimum Gasteiger partial charge on any atom is -0.354 e. The van der Waals surface area contributed by atoms with Gasteiger partial charge in [0.15, 0.2) is 0 Å². The van der Waals surface area contributed by atoms with Crippen molar-refractivity contribution in [1.29, 1.82) is 0 Å². The monoisotopic (exact) mass is 298 g/mol. The molecule has 0 aliphatic heterocycles. The van der Waals surface area contributed by atoms with Gasteiger partial charge in [-0.1, -0.05) is 48.9 Å². The Morgan fingerprint density at radius 1 is 1.18 bits per heavy atom. The van der Waals surface area contributed by atoms with E-state index in [0.29, 0.717) is 19.6 Å². The Hall–Kier alpha value is -1.87. The van der Waals surface area contributed by atoms with Gasteiger partial charge in [-0.15, -0.1) is 13.2 Å². The Bertz CT molecular complexity index is 495. The fourth-order valence-corrected chi connectivity index (χ4v) is 3.06. The van der Waals surface area contributed by atoms with Crippen LogP contribution >= 0.6 is 0 Å². The van der Waals surface area contributed by atoms with Gasteiger partial charge in [0.05, 0.1) is 6.54 Å². The van der Waals surface area contributed by atoms with Gasteiger partial charge >= 0.3 is 0 Å². The van der Waals surface area contributed by atoms with Gasteiger partial charge in [0, 0.05) is 25.0 Å². The van der Waals surface area contributed by atoms with E-state index in [9.17, 15) is 4.79 Å². The molecule has 22 heavy (non-hydrogen) atoms. The van der Waals surface area contributed by atoms with Gasteiger partial charge in [0.1, 0.15) is 0 Å². The highest BCUT2D eigenvalue weighted by atomic mass is 16.2. The Labute approximate surface area is 133 Å². The average molecular weight is 298 g/mol. The molecule has 0 saturated heterocycles. The Balaban J connectivity index is 1.89. The zero-order chi connectivity index (χ0) is 15.8. The SMILES string of the molecule is C=CCN(CC=C)CC(=O)NCC1(c2ccccc2)CCC1. The predicted molar refractivity (Wildman–Crippen MR) is 91.8 cm³/mol. The van der Waals surface area contributed by atoms with Crippen LogP contribution in [0.15, 0.2) is 55.6 Å². The van der Waals surface area contributed by atoms with Crippen molar-refractivity contribution in [3.05, 3.63) is 61.2 Å². The number of hydrogen-bond acceptors (Lipinski definition) is 2. The lowest BCUT2D eigenvalue weighted by atomic mass is 9.64. The van der Waals surface area contributed by atoms with Crippen LogP contribution in [0.3, 0.4) is 0 Å². The second-order valence-electron chi connectivity index (χ2n) is 6.05. The van der Waals surface area contributed by atoms with Gasteiger partial charge in [0.25, 0.3) is 0 Å². The Kier molecular flexibility index (Phi) is 5.96. The third-order valence-electron chi connectivity index (χ3n) is 4.46. The molecule has 0 spiro atoms. The second kappa shape index (κ2) is 7.95. The summed E-state index contributed by atoms with van der Waals surface area (Å²) >= 11 is 0. The predicted octanol–water partition coefficient (Wildman–Crippen LogP) is 2.90. The van der Waals surface area contributed by atoms with E-state index in [0.717, 1.165) is 19.4 Å². The maximum absolute atomic E-state index is 12.2. The molecular formula is C19H26N2O. The summed E-state index contributed by atoms with van der Waals surface area (Å²) in [6, 6.07) is 10.5. The van der Waals surface area contributed by atoms with Gasteiger partial charge in [-0.05, 0) is 18.4 Å². The standard InChI is InChI=1S/C19H26N2O/c1-3-13-21(14-4-2)15-18(22)20-16-19(11-8-12-19)17-9-6-5-7-10-17/h3-7,9-10H,1-2,8,11-16H2,(H,20,22). The van der Waals surface area contributed by atoms with Crippen molar-refractivity contribution in [3.63, 3.8) is 0 Å². The van der Waals surface area contributed by atoms with E-state index in [4.69, 9.17) is 0 Å². The molecule has 1 aliphatic rings. The summed E-state index contributed by atoms with van der Waals surface area (Å²) in [6.45, 7) is 9.97. The molecule has 1 aliphatic carbocycles. The maximum Gasteiger partial charge on any atom is 0.234 e. The fraction of sp³-hybridized carbons (Fsp3) is 0.421. The fourth-order valence-electron chi connectivity index (χ4n) is 3.06. The number of rotatable bonds is 9. The van der Waals surface area contributed by atoms with Gasteiger partial charge in [0.2, 0.25) is 5.91 Å². The summed E-state index contributed by atoms with van der Waals surface area (Å²) in [7, 11) is 0. The number of amides is 1. The molecule has 0 aromatic heterocycles. The molecule has 2 rings (SSSR count). The van der Waals surface area contributed by atoms with Gasteiger partial charge in [-0.25, -0.2) is 0 Å². The lowest BCUT2D eigenvalue weighted by molar-refractivity contribution is -0.122. The molecule has 0 unspecified atom stereocenters. The van der Waals surface area contributed by atoms with Crippen LogP contribution in [0.1, 0.15) is 24.8 Å². The van der Waals surface area contributed by atoms with Crippen LogP contribution in [0.5, 0.6) is 0 Å². The first-order chi connectivity index (χ1) is 10.7. The molecule has 1 amide bonds. The second-order valence-corrected chi connectivity index (χ2v) is 6.05. The molecule has 1 aromatic rings. The van der Waals surface area contributed by atoms with Gasteiger partial charge in [-0.2, -0.15) is 0 Å². The van der Waals surface area contributed by atoms with Gasteiger partial charge < -0.3 is 5.32 Å². The third-order valence-corrected chi connectivity index (χ3v) is 4.46. The number of nitrogens with one attached hydrogen (secondary N) is 1. The largest absolute Gasteiger partial charge is 0.354 e. The summed E-state index contributed by atoms with van der Waals surface area (Å²) < 4.78 is 0. The molecule has 0 radical (unpaired) electrons. The first kappa shape index (κ1) is 16.5. The van der Waals surface area contributed by atoms with Crippen molar-refractivity contribution in [2.24, 2.45) is 0 Å². The first-order valence-electron chi connectivity index (χ1n) is 7.96. The maximum atomic E-state index is 12.2. The van der Waals surface area contributed by atoms with Crippen molar-refractivity contribution >= 4 is 5.91 Å². The van der Waals surface area contributed by atoms with Crippen LogP contribution in [-0.2, 0) is 10.2 Å². The highest BCUT2D eigenvalue weighted by Crippen LogP contribution is 2.43. The normalized spacial score (nSPS) is 15.9. The minimum absolute atomic E-state index is 0.0749. The van der Waals surface area contributed by atoms with E-state index >= 15 is 0 Å². The lowest BCUT2D eigenvalue weighted by Gasteiger charge is -2.42. The van der Waals surface area contributed by atoms with Crippen LogP contribution in [0.25, 0.3) is 0 Å². The van der Waals surface area contributed by atoms with Crippen molar-refractivity contribution in [3.8, 4) is 0 Å². The highest BCUT2D eigenvalue weighted by molar-refractivity contribution is 5.78. The number of carbonyl (C=O) groups excluding carboxylic acids is 1. The van der Waals surface area contributed by atoms with Crippen LogP contribution in [0.4, 0.5) is 0 Å². The van der Waals surface area contributed by atoms with E-state index in [1.807, 2.05) is 23.1 Å². The summed E-state index contributed by atoms with van der Waals surface area (Å²) in [5, 5.41) is 3.12. The summed E-state index contributed by atoms with van der Waals surface area (Å²) in [5.41, 5.74) is 1.48. The molecule has 1 fully saturated rings. The zero-order valence-corrected chi connectivity index (χ0v) is 13.3. The third kappa shape index (κ3) is 4.08. The number of benzene rings is 1. The topological polar surface area (TPSA) is 32.3 Å². The van der Waals surface area contributed by atoms with Gasteiger partial charge in [-0.3, -0.25) is 9.69 Å². The Morgan fingerprint density at radius 3 is 2.32 bits per heavy atom. The molecule has 3 heteroatoms. The van der Waals surface area contributed by atoms with Crippen LogP contribution in [0, 0.1) is 0 Å². The smallest absolute Gasteiger partial charge is 0.234 e. The summed E-state index contributed by atoms with van der Waals surface area (Å²) in [4.78, 5) is 14.2. The molecule has 1 saturated carbocycles. The average Bonchev–Trinajstić information content (AvgIpc) is 2.48. The van der Waals surface area contributed by atoms with E-state index in [-0.39, 0.29) is 11.3 Å². The van der Waals surface area contributed by atoms with E-state index in [2.05, 4.69) is 42.7 Å². The number of hydrogen-bond donors (Lipinski definition) is 1. The number of nitrogens with zero attached hydrogens (tertiary/aromatic N) is 1.